The molecular formula is C19H34O8S10. The Balaban J connectivity index is 3.41. The quantitative estimate of drug-likeness (QED) is 0.0556. The van der Waals surface area contributed by atoms with Crippen molar-refractivity contribution in [2.75, 3.05) is 90.8 Å². The van der Waals surface area contributed by atoms with Gasteiger partial charge in [0.15, 0.2) is 10.2 Å². The lowest BCUT2D eigenvalue weighted by atomic mass is 10.8. The molecule has 0 aliphatic heterocycles. The average Bonchev–Trinajstić information content (AvgIpc) is 2.88. The summed E-state index contributed by atoms with van der Waals surface area (Å²) in [6.45, 7) is 0.138. The molecule has 0 bridgehead atoms. The van der Waals surface area contributed by atoms with Gasteiger partial charge < -0.3 is 24.2 Å². The summed E-state index contributed by atoms with van der Waals surface area (Å²) in [5, 5.41) is 20.8. The van der Waals surface area contributed by atoms with Crippen LogP contribution in [0.1, 0.15) is 0 Å². The molecule has 0 heterocycles. The molecule has 218 valence electrons. The van der Waals surface area contributed by atoms with Crippen LogP contribution in [0.3, 0.4) is 0 Å². The fourth-order valence-corrected chi connectivity index (χ4v) is 11.8. The first-order valence-corrected chi connectivity index (χ1v) is 22.4. The first kappa shape index (κ1) is 39.0. The number of hydrogen-bond acceptors (Lipinski definition) is 17. The van der Waals surface area contributed by atoms with E-state index in [0.29, 0.717) is 44.0 Å². The van der Waals surface area contributed by atoms with Gasteiger partial charge in [-0.15, -0.1) is 82.3 Å². The summed E-state index contributed by atoms with van der Waals surface area (Å²) in [5.74, 6) is 3.42. The standard InChI is InChI=1S/C19H34O8S10/c20-1-3-28-10-26-17(22)7-31-12-30-5-6-37(25)16-35-14-34-15-36-19(24)9-33-13-32-8-18(23)27-11-29-4-2-21/h20-21H,1-16H2. The van der Waals surface area contributed by atoms with Crippen LogP contribution in [0, 0.1) is 0 Å². The van der Waals surface area contributed by atoms with Crippen LogP contribution >= 0.6 is 106 Å². The highest BCUT2D eigenvalue weighted by Crippen LogP contribution is 2.22. The summed E-state index contributed by atoms with van der Waals surface area (Å²) in [4.78, 5) is 34.9. The van der Waals surface area contributed by atoms with Gasteiger partial charge in [-0.1, -0.05) is 23.5 Å². The molecule has 0 fully saturated rings. The maximum atomic E-state index is 12.1. The van der Waals surface area contributed by atoms with Gasteiger partial charge in [-0.3, -0.25) is 14.4 Å². The third-order valence-corrected chi connectivity index (χ3v) is 15.0. The van der Waals surface area contributed by atoms with E-state index < -0.39 is 11.2 Å². The van der Waals surface area contributed by atoms with E-state index in [1.54, 1.807) is 35.3 Å². The molecule has 0 aliphatic rings. The Labute approximate surface area is 261 Å². The smallest absolute Gasteiger partial charge is 0.316 e. The first-order chi connectivity index (χ1) is 18.0. The number of carbonyl (C=O) groups excluding carboxylic acids is 3. The van der Waals surface area contributed by atoms with Crippen LogP contribution in [0.4, 0.5) is 0 Å². The van der Waals surface area contributed by atoms with Gasteiger partial charge in [-0.05, 0) is 11.2 Å². The van der Waals surface area contributed by atoms with Crippen molar-refractivity contribution in [3.63, 3.8) is 0 Å². The molecule has 0 aliphatic carbocycles. The van der Waals surface area contributed by atoms with E-state index in [2.05, 4.69) is 0 Å². The zero-order chi connectivity index (χ0) is 27.4. The van der Waals surface area contributed by atoms with Gasteiger partial charge in [0.25, 0.3) is 0 Å². The number of carbonyl (C=O) groups is 3. The highest BCUT2D eigenvalue weighted by molar-refractivity contribution is 8.29. The number of rotatable bonds is 27. The lowest BCUT2D eigenvalue weighted by Gasteiger charge is -2.10. The molecular weight excluding hydrogens is 677 g/mol. The van der Waals surface area contributed by atoms with E-state index >= 15 is 0 Å². The Kier molecular flexibility index (Phi) is 32.6. The predicted molar refractivity (Wildman–Crippen MR) is 176 cm³/mol. The molecule has 37 heavy (non-hydrogen) atoms. The average molecular weight is 711 g/mol. The van der Waals surface area contributed by atoms with Crippen molar-refractivity contribution < 1.29 is 38.6 Å². The van der Waals surface area contributed by atoms with Gasteiger partial charge in [0, 0.05) is 37.6 Å². The minimum Gasteiger partial charge on any atom is -0.616 e. The molecule has 0 saturated heterocycles. The Bertz CT molecular complexity index is 579. The van der Waals surface area contributed by atoms with E-state index in [1.165, 1.54) is 70.6 Å². The fraction of sp³-hybridized carbons (Fsp3) is 0.842. The van der Waals surface area contributed by atoms with Crippen molar-refractivity contribution in [3.8, 4) is 0 Å². The monoisotopic (exact) mass is 710 g/mol. The van der Waals surface area contributed by atoms with Crippen LogP contribution < -0.4 is 0 Å². The molecule has 0 rings (SSSR count). The molecule has 18 heteroatoms. The first-order valence-electron chi connectivity index (χ1n) is 10.6. The topological polar surface area (TPSA) is 133 Å². The van der Waals surface area contributed by atoms with Gasteiger partial charge in [0.05, 0.1) is 30.5 Å². The molecule has 8 nitrogen and oxygen atoms in total. The molecule has 0 radical (unpaired) electrons. The Hall–Kier alpha value is 1.99. The molecule has 0 saturated carbocycles. The van der Waals surface area contributed by atoms with E-state index in [1.807, 2.05) is 0 Å². The third-order valence-electron chi connectivity index (χ3n) is 3.21. The molecule has 0 spiro atoms. The van der Waals surface area contributed by atoms with Crippen molar-refractivity contribution in [2.24, 2.45) is 0 Å². The summed E-state index contributed by atoms with van der Waals surface area (Å²) in [6.07, 6.45) is 0. The zero-order valence-electron chi connectivity index (χ0n) is 20.2. The zero-order valence-corrected chi connectivity index (χ0v) is 28.4. The SMILES string of the molecule is O=C(CSCSCC[S+]([O-])CSCSCSC(=O)CSCSCC(=O)OCSCCO)OCSCCO. The maximum Gasteiger partial charge on any atom is 0.316 e. The summed E-state index contributed by atoms with van der Waals surface area (Å²) < 4.78 is 22.1. The van der Waals surface area contributed by atoms with E-state index in [9.17, 15) is 18.9 Å². The number of esters is 2. The van der Waals surface area contributed by atoms with Crippen molar-refractivity contribution >= 4 is 134 Å². The van der Waals surface area contributed by atoms with E-state index in [4.69, 9.17) is 19.7 Å². The molecule has 0 aromatic heterocycles. The molecule has 1 atom stereocenters. The van der Waals surface area contributed by atoms with Crippen molar-refractivity contribution in [2.45, 2.75) is 0 Å². The molecule has 0 amide bonds. The largest absolute Gasteiger partial charge is 0.616 e. The Morgan fingerprint density at radius 2 is 1.19 bits per heavy atom. The number of aliphatic hydroxyl groups is 2. The van der Waals surface area contributed by atoms with Crippen LogP contribution in [0.2, 0.25) is 0 Å². The number of aliphatic hydroxyl groups excluding tert-OH is 2. The van der Waals surface area contributed by atoms with Crippen molar-refractivity contribution in [3.05, 3.63) is 0 Å². The van der Waals surface area contributed by atoms with Crippen LogP contribution in [-0.2, 0) is 35.0 Å². The predicted octanol–water partition coefficient (Wildman–Crippen LogP) is 3.63. The minimum absolute atomic E-state index is 0.0647. The summed E-state index contributed by atoms with van der Waals surface area (Å²) in [5.41, 5.74) is 0. The van der Waals surface area contributed by atoms with Gasteiger partial charge in [0.2, 0.25) is 0 Å². The van der Waals surface area contributed by atoms with Gasteiger partial charge in [0.1, 0.15) is 17.6 Å². The number of thioether (sulfide) groups is 9. The van der Waals surface area contributed by atoms with Crippen molar-refractivity contribution in [1.29, 1.82) is 0 Å². The van der Waals surface area contributed by atoms with E-state index in [-0.39, 0.29) is 47.9 Å². The second kappa shape index (κ2) is 30.9. The Morgan fingerprint density at radius 1 is 0.649 bits per heavy atom. The van der Waals surface area contributed by atoms with Crippen LogP contribution in [0.25, 0.3) is 0 Å². The normalized spacial score (nSPS) is 11.9. The lowest BCUT2D eigenvalue weighted by molar-refractivity contribution is -0.139. The van der Waals surface area contributed by atoms with E-state index in [0.717, 1.165) is 15.9 Å². The Morgan fingerprint density at radius 3 is 1.78 bits per heavy atom. The number of ether oxygens (including phenoxy) is 2. The highest BCUT2D eigenvalue weighted by Gasteiger charge is 2.09. The van der Waals surface area contributed by atoms with Gasteiger partial charge >= 0.3 is 11.9 Å². The van der Waals surface area contributed by atoms with Gasteiger partial charge in [-0.2, -0.15) is 0 Å². The number of hydrogen-bond donors (Lipinski definition) is 2. The molecule has 1 unspecified atom stereocenters. The molecule has 0 aromatic rings. The van der Waals surface area contributed by atoms with Crippen LogP contribution in [-0.4, -0.2) is 123 Å². The second-order valence-corrected chi connectivity index (χ2v) is 18.7. The van der Waals surface area contributed by atoms with Crippen molar-refractivity contribution in [1.82, 2.24) is 0 Å². The highest BCUT2D eigenvalue weighted by atomic mass is 32.3. The fourth-order valence-electron chi connectivity index (χ4n) is 1.68. The van der Waals surface area contributed by atoms with Crippen LogP contribution in [0.5, 0.6) is 0 Å². The molecule has 0 aromatic carbocycles. The van der Waals surface area contributed by atoms with Gasteiger partial charge in [-0.25, -0.2) is 0 Å². The summed E-state index contributed by atoms with van der Waals surface area (Å²) in [7, 11) is 0. The molecule has 2 N–H and O–H groups in total. The van der Waals surface area contributed by atoms with Crippen LogP contribution in [0.15, 0.2) is 0 Å². The minimum atomic E-state index is -0.887. The second-order valence-electron chi connectivity index (χ2n) is 6.14. The summed E-state index contributed by atoms with van der Waals surface area (Å²) >= 11 is 12.4. The third kappa shape index (κ3) is 30.8. The maximum absolute atomic E-state index is 12.1. The lowest BCUT2D eigenvalue weighted by Crippen LogP contribution is -2.11. The summed E-state index contributed by atoms with van der Waals surface area (Å²) in [6, 6.07) is 0.